The minimum Gasteiger partial charge on any atom is -0.458 e. The summed E-state index contributed by atoms with van der Waals surface area (Å²) in [4.78, 5) is 32.3. The highest BCUT2D eigenvalue weighted by Crippen LogP contribution is 2.45. The van der Waals surface area contributed by atoms with Crippen LogP contribution in [0.25, 0.3) is 0 Å². The molecule has 0 radical (unpaired) electrons. The van der Waals surface area contributed by atoms with E-state index in [0.29, 0.717) is 11.3 Å². The quantitative estimate of drug-likeness (QED) is 0.500. The number of carbonyl (C=O) groups excluding carboxylic acids is 2. The van der Waals surface area contributed by atoms with Crippen LogP contribution in [0.1, 0.15) is 49.9 Å². The smallest absolute Gasteiger partial charge is 0.338 e. The Hall–Kier alpha value is -2.80. The van der Waals surface area contributed by atoms with Crippen LogP contribution in [0.2, 0.25) is 0 Å². The van der Waals surface area contributed by atoms with Crippen molar-refractivity contribution >= 4 is 28.8 Å². The van der Waals surface area contributed by atoms with Gasteiger partial charge in [-0.3, -0.25) is 4.79 Å². The number of benzene rings is 1. The van der Waals surface area contributed by atoms with Crippen LogP contribution in [-0.2, 0) is 14.3 Å². The summed E-state index contributed by atoms with van der Waals surface area (Å²) >= 11 is 1.47. The average Bonchev–Trinajstić information content (AvgIpc) is 3.08. The highest BCUT2D eigenvalue weighted by atomic mass is 32.2. The van der Waals surface area contributed by atoms with Gasteiger partial charge in [0.2, 0.25) is 5.91 Å². The molecule has 1 atom stereocenters. The Morgan fingerprint density at radius 3 is 2.74 bits per heavy atom. The van der Waals surface area contributed by atoms with Crippen molar-refractivity contribution < 1.29 is 14.3 Å². The van der Waals surface area contributed by atoms with Crippen molar-refractivity contribution in [3.8, 4) is 0 Å². The SMILES string of the molecule is C=CCOC(=O)C1=C(C)N=C2SC=C(CC(=O)NC(C)C)N2C1c1cc(C)ccc1C. The summed E-state index contributed by atoms with van der Waals surface area (Å²) in [6.07, 6.45) is 1.76. The summed E-state index contributed by atoms with van der Waals surface area (Å²) in [6.45, 7) is 13.5. The molecule has 0 aliphatic carbocycles. The zero-order valence-electron chi connectivity index (χ0n) is 18.7. The van der Waals surface area contributed by atoms with Gasteiger partial charge >= 0.3 is 5.97 Å². The van der Waals surface area contributed by atoms with Gasteiger partial charge in [-0.25, -0.2) is 9.79 Å². The van der Waals surface area contributed by atoms with Crippen molar-refractivity contribution in [2.24, 2.45) is 4.99 Å². The van der Waals surface area contributed by atoms with E-state index < -0.39 is 12.0 Å². The summed E-state index contributed by atoms with van der Waals surface area (Å²) in [7, 11) is 0. The lowest BCUT2D eigenvalue weighted by molar-refractivity contribution is -0.138. The van der Waals surface area contributed by atoms with E-state index >= 15 is 0 Å². The fourth-order valence-corrected chi connectivity index (χ4v) is 4.69. The number of esters is 1. The minimum atomic E-state index is -0.422. The molecule has 1 aromatic carbocycles. The molecule has 7 heteroatoms. The topological polar surface area (TPSA) is 71.0 Å². The molecule has 1 N–H and O–H groups in total. The van der Waals surface area contributed by atoms with E-state index in [1.165, 1.54) is 11.8 Å². The Morgan fingerprint density at radius 1 is 1.32 bits per heavy atom. The number of amidine groups is 1. The van der Waals surface area contributed by atoms with Crippen molar-refractivity contribution in [3.63, 3.8) is 0 Å². The number of carbonyl (C=O) groups is 2. The molecule has 1 amide bonds. The highest BCUT2D eigenvalue weighted by Gasteiger charge is 2.41. The zero-order valence-corrected chi connectivity index (χ0v) is 19.5. The van der Waals surface area contributed by atoms with Gasteiger partial charge in [0, 0.05) is 11.7 Å². The Kier molecular flexibility index (Phi) is 7.05. The molecule has 1 unspecified atom stereocenters. The molecular formula is C24H29N3O3S. The fraction of sp³-hybridized carbons (Fsp3) is 0.375. The fourth-order valence-electron chi connectivity index (χ4n) is 3.73. The molecule has 0 saturated heterocycles. The van der Waals surface area contributed by atoms with Crippen molar-refractivity contribution in [1.82, 2.24) is 10.2 Å². The third-order valence-corrected chi connectivity index (χ3v) is 5.96. The molecule has 3 rings (SSSR count). The van der Waals surface area contributed by atoms with E-state index in [9.17, 15) is 9.59 Å². The number of aliphatic imine (C=N–C) groups is 1. The Balaban J connectivity index is 2.08. The van der Waals surface area contributed by atoms with Crippen LogP contribution in [0, 0.1) is 13.8 Å². The second kappa shape index (κ2) is 9.56. The molecule has 1 aromatic rings. The first kappa shape index (κ1) is 22.9. The number of aryl methyl sites for hydroxylation is 2. The van der Waals surface area contributed by atoms with E-state index in [1.54, 1.807) is 6.08 Å². The molecule has 164 valence electrons. The number of amides is 1. The molecule has 2 aliphatic rings. The number of ether oxygens (including phenoxy) is 1. The zero-order chi connectivity index (χ0) is 22.7. The first-order valence-corrected chi connectivity index (χ1v) is 11.2. The monoisotopic (exact) mass is 439 g/mol. The van der Waals surface area contributed by atoms with Crippen LogP contribution in [0.15, 0.2) is 58.2 Å². The number of rotatable bonds is 7. The molecule has 0 aromatic heterocycles. The summed E-state index contributed by atoms with van der Waals surface area (Å²) in [5, 5.41) is 5.65. The van der Waals surface area contributed by atoms with Crippen molar-refractivity contribution in [1.29, 1.82) is 0 Å². The average molecular weight is 440 g/mol. The van der Waals surface area contributed by atoms with E-state index in [2.05, 4.69) is 35.1 Å². The second-order valence-electron chi connectivity index (χ2n) is 8.04. The number of nitrogens with one attached hydrogen (secondary N) is 1. The van der Waals surface area contributed by atoms with Gasteiger partial charge in [-0.2, -0.15) is 0 Å². The van der Waals surface area contributed by atoms with Gasteiger partial charge in [0.15, 0.2) is 5.17 Å². The van der Waals surface area contributed by atoms with Gasteiger partial charge in [-0.05, 0) is 51.2 Å². The summed E-state index contributed by atoms with van der Waals surface area (Å²) in [5.41, 5.74) is 5.07. The first-order chi connectivity index (χ1) is 14.7. The van der Waals surface area contributed by atoms with Gasteiger partial charge in [-0.1, -0.05) is 48.2 Å². The minimum absolute atomic E-state index is 0.0537. The van der Waals surface area contributed by atoms with Crippen LogP contribution >= 0.6 is 11.8 Å². The van der Waals surface area contributed by atoms with Crippen LogP contribution in [0.5, 0.6) is 0 Å². The highest BCUT2D eigenvalue weighted by molar-refractivity contribution is 8.16. The first-order valence-electron chi connectivity index (χ1n) is 10.3. The maximum atomic E-state index is 13.1. The summed E-state index contributed by atoms with van der Waals surface area (Å²) in [6, 6.07) is 5.83. The van der Waals surface area contributed by atoms with E-state index in [1.807, 2.05) is 44.9 Å². The number of hydrogen-bond donors (Lipinski definition) is 1. The largest absolute Gasteiger partial charge is 0.458 e. The van der Waals surface area contributed by atoms with Gasteiger partial charge < -0.3 is 15.0 Å². The summed E-state index contributed by atoms with van der Waals surface area (Å²) in [5.74, 6) is -0.487. The predicted octanol–water partition coefficient (Wildman–Crippen LogP) is 4.52. The summed E-state index contributed by atoms with van der Waals surface area (Å²) < 4.78 is 5.42. The third kappa shape index (κ3) is 4.93. The van der Waals surface area contributed by atoms with Crippen molar-refractivity contribution in [2.75, 3.05) is 6.61 Å². The van der Waals surface area contributed by atoms with Gasteiger partial charge in [0.05, 0.1) is 23.7 Å². The van der Waals surface area contributed by atoms with Gasteiger partial charge in [0.25, 0.3) is 0 Å². The van der Waals surface area contributed by atoms with Gasteiger partial charge in [0.1, 0.15) is 6.61 Å². The molecule has 0 fully saturated rings. The molecule has 0 spiro atoms. The lowest BCUT2D eigenvalue weighted by Gasteiger charge is -2.37. The number of fused-ring (bicyclic) bond motifs is 1. The number of nitrogens with zero attached hydrogens (tertiary/aromatic N) is 2. The Labute approximate surface area is 188 Å². The van der Waals surface area contributed by atoms with Crippen LogP contribution < -0.4 is 5.32 Å². The lowest BCUT2D eigenvalue weighted by Crippen LogP contribution is -2.39. The Bertz CT molecular complexity index is 1010. The maximum Gasteiger partial charge on any atom is 0.338 e. The normalized spacial score (nSPS) is 17.9. The molecule has 2 heterocycles. The van der Waals surface area contributed by atoms with E-state index in [0.717, 1.165) is 27.6 Å². The third-order valence-electron chi connectivity index (χ3n) is 5.07. The number of allylic oxidation sites excluding steroid dienone is 1. The maximum absolute atomic E-state index is 13.1. The molecule has 2 aliphatic heterocycles. The van der Waals surface area contributed by atoms with Crippen molar-refractivity contribution in [2.45, 2.75) is 53.1 Å². The van der Waals surface area contributed by atoms with Crippen LogP contribution in [0.3, 0.4) is 0 Å². The standard InChI is InChI=1S/C24H29N3O3S/c1-7-10-30-23(29)21-17(6)26-24-27(18(13-31-24)12-20(28)25-14(2)3)22(21)19-11-15(4)8-9-16(19)5/h7-9,11,13-14,22H,1,10,12H2,2-6H3,(H,25,28). The molecule has 6 nitrogen and oxygen atoms in total. The van der Waals surface area contributed by atoms with Crippen LogP contribution in [-0.4, -0.2) is 34.6 Å². The predicted molar refractivity (Wildman–Crippen MR) is 125 cm³/mol. The molecule has 0 bridgehead atoms. The second-order valence-corrected chi connectivity index (χ2v) is 8.88. The Morgan fingerprint density at radius 2 is 2.06 bits per heavy atom. The molecular weight excluding hydrogens is 410 g/mol. The van der Waals surface area contributed by atoms with E-state index in [-0.39, 0.29) is 25.0 Å². The van der Waals surface area contributed by atoms with Gasteiger partial charge in [-0.15, -0.1) is 0 Å². The number of hydrogen-bond acceptors (Lipinski definition) is 6. The molecule has 0 saturated carbocycles. The molecule has 31 heavy (non-hydrogen) atoms. The van der Waals surface area contributed by atoms with Crippen LogP contribution in [0.4, 0.5) is 0 Å². The lowest BCUT2D eigenvalue weighted by atomic mass is 9.90. The number of thioether (sulfide) groups is 1. The van der Waals surface area contributed by atoms with Crippen molar-refractivity contribution in [3.05, 3.63) is 69.9 Å². The van der Waals surface area contributed by atoms with E-state index in [4.69, 9.17) is 4.74 Å².